The molecule has 0 amide bonds. The van der Waals surface area contributed by atoms with E-state index in [0.717, 1.165) is 28.1 Å². The third-order valence-electron chi connectivity index (χ3n) is 4.30. The summed E-state index contributed by atoms with van der Waals surface area (Å²) in [5, 5.41) is 3.63. The lowest BCUT2D eigenvalue weighted by Gasteiger charge is -2.25. The van der Waals surface area contributed by atoms with Gasteiger partial charge in [0, 0.05) is 18.6 Å². The molecule has 5 heteroatoms. The highest BCUT2D eigenvalue weighted by Gasteiger charge is 2.24. The van der Waals surface area contributed by atoms with Gasteiger partial charge in [0.1, 0.15) is 11.5 Å². The van der Waals surface area contributed by atoms with Crippen molar-refractivity contribution in [2.75, 3.05) is 34.4 Å². The quantitative estimate of drug-likeness (QED) is 0.848. The molecule has 0 spiro atoms. The Morgan fingerprint density at radius 2 is 2.14 bits per heavy atom. The van der Waals surface area contributed by atoms with Crippen LogP contribution in [0.15, 0.2) is 16.6 Å². The van der Waals surface area contributed by atoms with Gasteiger partial charge in [0.15, 0.2) is 0 Å². The molecule has 1 N–H and O–H groups in total. The number of rotatable bonds is 6. The summed E-state index contributed by atoms with van der Waals surface area (Å²) in [5.41, 5.74) is 1.06. The highest BCUT2D eigenvalue weighted by molar-refractivity contribution is 9.10. The molecule has 0 radical (unpaired) electrons. The number of nitrogens with one attached hydrogen (secondary N) is 1. The second-order valence-corrected chi connectivity index (χ2v) is 6.46. The maximum absolute atomic E-state index is 5.56. The molecule has 2 rings (SSSR count). The summed E-state index contributed by atoms with van der Waals surface area (Å²) in [5.74, 6) is 1.70. The molecule has 2 unspecified atom stereocenters. The van der Waals surface area contributed by atoms with Crippen molar-refractivity contribution in [3.63, 3.8) is 0 Å². The van der Waals surface area contributed by atoms with E-state index in [-0.39, 0.29) is 6.04 Å². The average Bonchev–Trinajstić information content (AvgIpc) is 2.89. The number of hydrogen-bond donors (Lipinski definition) is 1. The normalized spacial score (nSPS) is 20.5. The number of likely N-dealkylation sites (tertiary alicyclic amines) is 1. The Hall–Kier alpha value is -0.780. The van der Waals surface area contributed by atoms with Crippen molar-refractivity contribution >= 4 is 15.9 Å². The van der Waals surface area contributed by atoms with E-state index >= 15 is 0 Å². The molecule has 0 aliphatic carbocycles. The SMILES string of the molecule is COc1ccc(Br)c(OC)c1C(C)NCC1CCCN1C. The maximum Gasteiger partial charge on any atom is 0.141 e. The second kappa shape index (κ2) is 7.47. The van der Waals surface area contributed by atoms with E-state index in [1.807, 2.05) is 12.1 Å². The number of nitrogens with zero attached hydrogens (tertiary/aromatic N) is 1. The van der Waals surface area contributed by atoms with Crippen molar-refractivity contribution in [3.05, 3.63) is 22.2 Å². The van der Waals surface area contributed by atoms with E-state index < -0.39 is 0 Å². The first-order valence-corrected chi connectivity index (χ1v) is 8.21. The molecule has 1 aliphatic heterocycles. The van der Waals surface area contributed by atoms with Gasteiger partial charge in [-0.25, -0.2) is 0 Å². The van der Waals surface area contributed by atoms with Gasteiger partial charge in [0.05, 0.1) is 24.3 Å². The smallest absolute Gasteiger partial charge is 0.141 e. The summed E-state index contributed by atoms with van der Waals surface area (Å²) < 4.78 is 12.0. The molecule has 2 atom stereocenters. The molecule has 0 saturated carbocycles. The van der Waals surface area contributed by atoms with Crippen molar-refractivity contribution in [1.82, 2.24) is 10.2 Å². The summed E-state index contributed by atoms with van der Waals surface area (Å²) in [6.45, 7) is 4.34. The zero-order valence-electron chi connectivity index (χ0n) is 13.3. The van der Waals surface area contributed by atoms with Gasteiger partial charge < -0.3 is 19.7 Å². The van der Waals surface area contributed by atoms with E-state index in [2.05, 4.69) is 40.1 Å². The predicted molar refractivity (Wildman–Crippen MR) is 89.3 cm³/mol. The largest absolute Gasteiger partial charge is 0.496 e. The fraction of sp³-hybridized carbons (Fsp3) is 0.625. The van der Waals surface area contributed by atoms with Crippen LogP contribution in [0.5, 0.6) is 11.5 Å². The van der Waals surface area contributed by atoms with Crippen LogP contribution in [-0.2, 0) is 0 Å². The zero-order valence-corrected chi connectivity index (χ0v) is 14.9. The van der Waals surface area contributed by atoms with E-state index in [1.165, 1.54) is 19.4 Å². The molecule has 4 nitrogen and oxygen atoms in total. The first-order chi connectivity index (χ1) is 10.1. The minimum Gasteiger partial charge on any atom is -0.496 e. The first kappa shape index (κ1) is 16.6. The van der Waals surface area contributed by atoms with Crippen LogP contribution in [0.25, 0.3) is 0 Å². The molecule has 1 fully saturated rings. The van der Waals surface area contributed by atoms with Crippen LogP contribution in [0.3, 0.4) is 0 Å². The Morgan fingerprint density at radius 3 is 2.71 bits per heavy atom. The zero-order chi connectivity index (χ0) is 15.4. The Bertz CT molecular complexity index is 482. The average molecular weight is 357 g/mol. The molecule has 21 heavy (non-hydrogen) atoms. The van der Waals surface area contributed by atoms with E-state index in [1.54, 1.807) is 14.2 Å². The van der Waals surface area contributed by atoms with Gasteiger partial charge in [-0.1, -0.05) is 0 Å². The van der Waals surface area contributed by atoms with Gasteiger partial charge in [-0.3, -0.25) is 0 Å². The molecule has 0 aromatic heterocycles. The van der Waals surface area contributed by atoms with E-state index in [4.69, 9.17) is 9.47 Å². The summed E-state index contributed by atoms with van der Waals surface area (Å²) >= 11 is 3.55. The fourth-order valence-electron chi connectivity index (χ4n) is 3.00. The molecular weight excluding hydrogens is 332 g/mol. The minimum absolute atomic E-state index is 0.168. The first-order valence-electron chi connectivity index (χ1n) is 7.42. The van der Waals surface area contributed by atoms with Crippen LogP contribution >= 0.6 is 15.9 Å². The lowest BCUT2D eigenvalue weighted by atomic mass is 10.0. The van der Waals surface area contributed by atoms with Gasteiger partial charge >= 0.3 is 0 Å². The van der Waals surface area contributed by atoms with Crippen LogP contribution in [0.1, 0.15) is 31.4 Å². The highest BCUT2D eigenvalue weighted by atomic mass is 79.9. The van der Waals surface area contributed by atoms with Gasteiger partial charge in [0.2, 0.25) is 0 Å². The van der Waals surface area contributed by atoms with Crippen molar-refractivity contribution in [1.29, 1.82) is 0 Å². The summed E-state index contributed by atoms with van der Waals surface area (Å²) in [7, 11) is 5.59. The van der Waals surface area contributed by atoms with Crippen LogP contribution in [0.2, 0.25) is 0 Å². The van der Waals surface area contributed by atoms with Crippen LogP contribution in [0.4, 0.5) is 0 Å². The maximum atomic E-state index is 5.56. The standard InChI is InChI=1S/C16H25BrN2O2/c1-11(18-10-12-6-5-9-19(12)2)15-14(20-3)8-7-13(17)16(15)21-4/h7-8,11-12,18H,5-6,9-10H2,1-4H3. The highest BCUT2D eigenvalue weighted by Crippen LogP contribution is 2.39. The third-order valence-corrected chi connectivity index (χ3v) is 4.92. The Morgan fingerprint density at radius 1 is 1.38 bits per heavy atom. The Balaban J connectivity index is 2.13. The van der Waals surface area contributed by atoms with Crippen molar-refractivity contribution in [3.8, 4) is 11.5 Å². The molecule has 1 aliphatic rings. The lowest BCUT2D eigenvalue weighted by molar-refractivity contribution is 0.290. The minimum atomic E-state index is 0.168. The van der Waals surface area contributed by atoms with Gasteiger partial charge in [-0.2, -0.15) is 0 Å². The fourth-order valence-corrected chi connectivity index (χ4v) is 3.51. The van der Waals surface area contributed by atoms with Crippen molar-refractivity contribution in [2.24, 2.45) is 0 Å². The molecule has 1 aromatic rings. The number of hydrogen-bond acceptors (Lipinski definition) is 4. The summed E-state index contributed by atoms with van der Waals surface area (Å²) in [4.78, 5) is 2.43. The lowest BCUT2D eigenvalue weighted by Crippen LogP contribution is -2.36. The number of halogens is 1. The topological polar surface area (TPSA) is 33.7 Å². The second-order valence-electron chi connectivity index (χ2n) is 5.60. The Kier molecular flexibility index (Phi) is 5.90. The number of likely N-dealkylation sites (N-methyl/N-ethyl adjacent to an activating group) is 1. The molecule has 118 valence electrons. The third kappa shape index (κ3) is 3.71. The summed E-state index contributed by atoms with van der Waals surface area (Å²) in [6.07, 6.45) is 2.56. The monoisotopic (exact) mass is 356 g/mol. The molecule has 0 bridgehead atoms. The molecule has 1 heterocycles. The van der Waals surface area contributed by atoms with E-state index in [9.17, 15) is 0 Å². The van der Waals surface area contributed by atoms with Gasteiger partial charge in [0.25, 0.3) is 0 Å². The molecule has 1 saturated heterocycles. The number of methoxy groups -OCH3 is 2. The van der Waals surface area contributed by atoms with Crippen molar-refractivity contribution < 1.29 is 9.47 Å². The van der Waals surface area contributed by atoms with Gasteiger partial charge in [-0.05, 0) is 61.4 Å². The number of ether oxygens (including phenoxy) is 2. The van der Waals surface area contributed by atoms with Gasteiger partial charge in [-0.15, -0.1) is 0 Å². The Labute approximate surface area is 135 Å². The van der Waals surface area contributed by atoms with Crippen LogP contribution in [-0.4, -0.2) is 45.3 Å². The summed E-state index contributed by atoms with van der Waals surface area (Å²) in [6, 6.07) is 4.72. The van der Waals surface area contributed by atoms with Crippen molar-refractivity contribution in [2.45, 2.75) is 31.8 Å². The number of benzene rings is 1. The van der Waals surface area contributed by atoms with Crippen LogP contribution in [0, 0.1) is 0 Å². The molecular formula is C16H25BrN2O2. The van der Waals surface area contributed by atoms with Crippen LogP contribution < -0.4 is 14.8 Å². The predicted octanol–water partition coefficient (Wildman–Crippen LogP) is 3.21. The van der Waals surface area contributed by atoms with E-state index in [0.29, 0.717) is 6.04 Å². The molecule has 1 aromatic carbocycles.